The maximum absolute atomic E-state index is 9.05. The first-order valence-electron chi connectivity index (χ1n) is 4.21. The number of aromatic nitrogens is 2. The summed E-state index contributed by atoms with van der Waals surface area (Å²) in [5.41, 5.74) is 5.30. The molecule has 0 amide bonds. The van der Waals surface area contributed by atoms with Gasteiger partial charge in [-0.05, 0) is 12.8 Å². The van der Waals surface area contributed by atoms with Crippen LogP contribution in [0.2, 0.25) is 0 Å². The Bertz CT molecular complexity index is 311. The van der Waals surface area contributed by atoms with Crippen molar-refractivity contribution in [2.45, 2.75) is 18.4 Å². The van der Waals surface area contributed by atoms with Crippen molar-refractivity contribution in [1.29, 1.82) is 0 Å². The number of hydrogen-bond acceptors (Lipinski definition) is 5. The maximum Gasteiger partial charge on any atom is 0.147 e. The molecule has 0 saturated heterocycles. The molecule has 1 aromatic heterocycles. The molecule has 0 radical (unpaired) electrons. The zero-order chi connectivity index (χ0) is 9.31. The van der Waals surface area contributed by atoms with Crippen LogP contribution in [0.4, 0.5) is 11.6 Å². The van der Waals surface area contributed by atoms with Gasteiger partial charge in [0.25, 0.3) is 0 Å². The van der Waals surface area contributed by atoms with Crippen LogP contribution in [-0.4, -0.2) is 27.2 Å². The summed E-state index contributed by atoms with van der Waals surface area (Å²) in [6, 6.07) is 0. The molecule has 1 aromatic rings. The van der Waals surface area contributed by atoms with Crippen LogP contribution in [0.3, 0.4) is 0 Å². The number of nitrogen functional groups attached to an aromatic ring is 1. The van der Waals surface area contributed by atoms with Crippen molar-refractivity contribution in [2.24, 2.45) is 0 Å². The molecule has 1 heterocycles. The molecule has 1 fully saturated rings. The minimum atomic E-state index is -0.164. The second-order valence-electron chi connectivity index (χ2n) is 3.39. The molecule has 0 unspecified atom stereocenters. The maximum atomic E-state index is 9.05. The van der Waals surface area contributed by atoms with Crippen molar-refractivity contribution in [3.05, 3.63) is 12.4 Å². The smallest absolute Gasteiger partial charge is 0.147 e. The monoisotopic (exact) mass is 180 g/mol. The summed E-state index contributed by atoms with van der Waals surface area (Å²) in [6.07, 6.45) is 5.04. The number of nitrogens with zero attached hydrogens (tertiary/aromatic N) is 2. The van der Waals surface area contributed by atoms with Crippen LogP contribution in [0.1, 0.15) is 12.8 Å². The van der Waals surface area contributed by atoms with Crippen LogP contribution in [0.25, 0.3) is 0 Å². The molecule has 2 rings (SSSR count). The Balaban J connectivity index is 2.09. The van der Waals surface area contributed by atoms with Gasteiger partial charge in [0.05, 0.1) is 24.5 Å². The number of aliphatic hydroxyl groups excluding tert-OH is 1. The summed E-state index contributed by atoms with van der Waals surface area (Å²) >= 11 is 0. The Morgan fingerprint density at radius 3 is 2.85 bits per heavy atom. The van der Waals surface area contributed by atoms with Crippen molar-refractivity contribution in [3.63, 3.8) is 0 Å². The number of aliphatic hydroxyl groups is 1. The number of nitrogens with two attached hydrogens (primary N) is 1. The van der Waals surface area contributed by atoms with Gasteiger partial charge in [-0.1, -0.05) is 0 Å². The summed E-state index contributed by atoms with van der Waals surface area (Å²) < 4.78 is 0. The van der Waals surface area contributed by atoms with Gasteiger partial charge in [0.1, 0.15) is 11.6 Å². The van der Waals surface area contributed by atoms with Crippen molar-refractivity contribution in [1.82, 2.24) is 9.97 Å². The van der Waals surface area contributed by atoms with Crippen LogP contribution in [-0.2, 0) is 0 Å². The lowest BCUT2D eigenvalue weighted by molar-refractivity contribution is 0.266. The lowest BCUT2D eigenvalue weighted by Crippen LogP contribution is -2.26. The zero-order valence-electron chi connectivity index (χ0n) is 7.20. The highest BCUT2D eigenvalue weighted by Gasteiger charge is 2.42. The molecule has 0 aromatic carbocycles. The third kappa shape index (κ3) is 1.70. The SMILES string of the molecule is Nc1cncc(NC2(CO)CC2)n1. The number of nitrogens with one attached hydrogen (secondary N) is 1. The predicted octanol–water partition coefficient (Wildman–Crippen LogP) is -0.00440. The zero-order valence-corrected chi connectivity index (χ0v) is 7.20. The second kappa shape index (κ2) is 2.85. The first-order valence-corrected chi connectivity index (χ1v) is 4.21. The van der Waals surface area contributed by atoms with E-state index in [2.05, 4.69) is 15.3 Å². The molecule has 0 spiro atoms. The standard InChI is InChI=1S/C8H12N4O/c9-6-3-10-4-7(11-6)12-8(5-13)1-2-8/h3-4,13H,1-2,5H2,(H3,9,11,12). The van der Waals surface area contributed by atoms with Crippen molar-refractivity contribution in [2.75, 3.05) is 17.7 Å². The van der Waals surface area contributed by atoms with E-state index in [1.165, 1.54) is 6.20 Å². The van der Waals surface area contributed by atoms with Gasteiger partial charge in [-0.15, -0.1) is 0 Å². The van der Waals surface area contributed by atoms with E-state index >= 15 is 0 Å². The molecule has 5 nitrogen and oxygen atoms in total. The highest BCUT2D eigenvalue weighted by atomic mass is 16.3. The van der Waals surface area contributed by atoms with Crippen LogP contribution in [0.5, 0.6) is 0 Å². The summed E-state index contributed by atoms with van der Waals surface area (Å²) in [6.45, 7) is 0.128. The molecular formula is C8H12N4O. The van der Waals surface area contributed by atoms with E-state index in [1.54, 1.807) is 6.20 Å². The van der Waals surface area contributed by atoms with Crippen LogP contribution < -0.4 is 11.1 Å². The molecule has 0 aliphatic heterocycles. The Kier molecular flexibility index (Phi) is 1.81. The van der Waals surface area contributed by atoms with E-state index < -0.39 is 0 Å². The minimum Gasteiger partial charge on any atom is -0.394 e. The fourth-order valence-corrected chi connectivity index (χ4v) is 1.19. The third-order valence-corrected chi connectivity index (χ3v) is 2.20. The molecule has 1 aliphatic rings. The Morgan fingerprint density at radius 1 is 1.54 bits per heavy atom. The number of rotatable bonds is 3. The Hall–Kier alpha value is -1.36. The van der Waals surface area contributed by atoms with Gasteiger partial charge in [-0.3, -0.25) is 4.98 Å². The van der Waals surface area contributed by atoms with E-state index in [-0.39, 0.29) is 12.1 Å². The van der Waals surface area contributed by atoms with E-state index in [4.69, 9.17) is 10.8 Å². The molecule has 5 heteroatoms. The molecule has 4 N–H and O–H groups in total. The van der Waals surface area contributed by atoms with Gasteiger partial charge in [0, 0.05) is 0 Å². The molecule has 0 bridgehead atoms. The van der Waals surface area contributed by atoms with Gasteiger partial charge in [0.15, 0.2) is 0 Å². The van der Waals surface area contributed by atoms with Crippen LogP contribution in [0, 0.1) is 0 Å². The van der Waals surface area contributed by atoms with Gasteiger partial charge in [0.2, 0.25) is 0 Å². The van der Waals surface area contributed by atoms with Gasteiger partial charge in [-0.25, -0.2) is 4.98 Å². The van der Waals surface area contributed by atoms with E-state index in [0.717, 1.165) is 12.8 Å². The Morgan fingerprint density at radius 2 is 2.31 bits per heavy atom. The molecule has 0 atom stereocenters. The minimum absolute atomic E-state index is 0.128. The number of hydrogen-bond donors (Lipinski definition) is 3. The lowest BCUT2D eigenvalue weighted by atomic mass is 10.3. The average Bonchev–Trinajstić information content (AvgIpc) is 2.86. The first-order chi connectivity index (χ1) is 6.24. The highest BCUT2D eigenvalue weighted by Crippen LogP contribution is 2.37. The summed E-state index contributed by atoms with van der Waals surface area (Å²) in [7, 11) is 0. The van der Waals surface area contributed by atoms with Crippen molar-refractivity contribution in [3.8, 4) is 0 Å². The van der Waals surface area contributed by atoms with Crippen LogP contribution in [0.15, 0.2) is 12.4 Å². The first kappa shape index (κ1) is 8.25. The normalized spacial score (nSPS) is 18.2. The Labute approximate surface area is 76.0 Å². The molecular weight excluding hydrogens is 168 g/mol. The summed E-state index contributed by atoms with van der Waals surface area (Å²) in [5, 5.41) is 12.2. The molecule has 70 valence electrons. The fourth-order valence-electron chi connectivity index (χ4n) is 1.19. The predicted molar refractivity (Wildman–Crippen MR) is 49.1 cm³/mol. The van der Waals surface area contributed by atoms with Crippen molar-refractivity contribution < 1.29 is 5.11 Å². The van der Waals surface area contributed by atoms with Gasteiger partial charge < -0.3 is 16.2 Å². The summed E-state index contributed by atoms with van der Waals surface area (Å²) in [5.74, 6) is 1.02. The van der Waals surface area contributed by atoms with Crippen LogP contribution >= 0.6 is 0 Å². The van der Waals surface area contributed by atoms with E-state index in [0.29, 0.717) is 11.6 Å². The lowest BCUT2D eigenvalue weighted by Gasteiger charge is -2.14. The molecule has 13 heavy (non-hydrogen) atoms. The number of anilines is 2. The highest BCUT2D eigenvalue weighted by molar-refractivity contribution is 5.42. The van der Waals surface area contributed by atoms with Gasteiger partial charge in [-0.2, -0.15) is 0 Å². The van der Waals surface area contributed by atoms with E-state index in [1.807, 2.05) is 0 Å². The summed E-state index contributed by atoms with van der Waals surface area (Å²) in [4.78, 5) is 7.94. The largest absolute Gasteiger partial charge is 0.394 e. The third-order valence-electron chi connectivity index (χ3n) is 2.20. The molecule has 1 saturated carbocycles. The quantitative estimate of drug-likeness (QED) is 0.609. The fraction of sp³-hybridized carbons (Fsp3) is 0.500. The second-order valence-corrected chi connectivity index (χ2v) is 3.39. The molecule has 1 aliphatic carbocycles. The topological polar surface area (TPSA) is 84.1 Å². The average molecular weight is 180 g/mol. The van der Waals surface area contributed by atoms with E-state index in [9.17, 15) is 0 Å². The van der Waals surface area contributed by atoms with Crippen molar-refractivity contribution >= 4 is 11.6 Å². The van der Waals surface area contributed by atoms with Gasteiger partial charge >= 0.3 is 0 Å².